The van der Waals surface area contributed by atoms with Crippen LogP contribution < -0.4 is 0 Å². The average Bonchev–Trinajstić information content (AvgIpc) is 2.91. The van der Waals surface area contributed by atoms with E-state index in [1.807, 2.05) is 11.5 Å². The molecule has 0 aliphatic heterocycles. The maximum absolute atomic E-state index is 11.7. The second-order valence-corrected chi connectivity index (χ2v) is 5.31. The number of hydrogen-bond acceptors (Lipinski definition) is 6. The number of aryl methyl sites for hydroxylation is 1. The maximum Gasteiger partial charge on any atom is 0.358 e. The van der Waals surface area contributed by atoms with Crippen molar-refractivity contribution in [1.29, 1.82) is 0 Å². The Morgan fingerprint density at radius 2 is 2.05 bits per heavy atom. The number of nitro groups is 1. The number of hydrogen-bond donors (Lipinski definition) is 0. The third kappa shape index (κ3) is 3.64. The predicted octanol–water partition coefficient (Wildman–Crippen LogP) is 3.14. The minimum absolute atomic E-state index is 0.0374. The van der Waals surface area contributed by atoms with Gasteiger partial charge in [-0.25, -0.2) is 9.78 Å². The van der Waals surface area contributed by atoms with Crippen molar-refractivity contribution in [3.05, 3.63) is 46.3 Å². The minimum atomic E-state index is -0.458. The molecule has 0 saturated heterocycles. The van der Waals surface area contributed by atoms with Gasteiger partial charge in [-0.15, -0.1) is 0 Å². The van der Waals surface area contributed by atoms with Crippen LogP contribution in [0.25, 0.3) is 0 Å². The van der Waals surface area contributed by atoms with E-state index in [1.165, 1.54) is 23.9 Å². The number of benzene rings is 1. The minimum Gasteiger partial charge on any atom is -0.461 e. The Hall–Kier alpha value is -2.35. The predicted molar refractivity (Wildman–Crippen MR) is 81.1 cm³/mol. The Morgan fingerprint density at radius 3 is 2.59 bits per heavy atom. The lowest BCUT2D eigenvalue weighted by Gasteiger charge is -2.03. The number of esters is 1. The molecule has 2 rings (SSSR count). The second kappa shape index (κ2) is 7.08. The smallest absolute Gasteiger partial charge is 0.358 e. The summed E-state index contributed by atoms with van der Waals surface area (Å²) in [6.07, 6.45) is 1.64. The highest BCUT2D eigenvalue weighted by Crippen LogP contribution is 2.28. The SMILES string of the molecule is CCOC(=O)c1cn(CC)c(Sc2ccc([N+](=O)[O-])cc2)n1. The lowest BCUT2D eigenvalue weighted by molar-refractivity contribution is -0.384. The highest BCUT2D eigenvalue weighted by Gasteiger charge is 2.16. The average molecular weight is 321 g/mol. The van der Waals surface area contributed by atoms with Gasteiger partial charge in [0.25, 0.3) is 5.69 Å². The molecule has 0 fully saturated rings. The highest BCUT2D eigenvalue weighted by atomic mass is 32.2. The zero-order valence-electron chi connectivity index (χ0n) is 12.2. The first-order valence-corrected chi connectivity index (χ1v) is 7.53. The number of nitrogens with zero attached hydrogens (tertiary/aromatic N) is 3. The fourth-order valence-corrected chi connectivity index (χ4v) is 2.68. The molecule has 1 aromatic carbocycles. The lowest BCUT2D eigenvalue weighted by atomic mass is 10.3. The standard InChI is InChI=1S/C14H15N3O4S/c1-3-16-9-12(13(18)21-4-2)15-14(16)22-11-7-5-10(6-8-11)17(19)20/h5-9H,3-4H2,1-2H3. The van der Waals surface area contributed by atoms with Gasteiger partial charge in [0.15, 0.2) is 10.9 Å². The number of rotatable bonds is 6. The molecule has 2 aromatic rings. The molecule has 0 amide bonds. The van der Waals surface area contributed by atoms with Gasteiger partial charge in [0.05, 0.1) is 11.5 Å². The van der Waals surface area contributed by atoms with Crippen molar-refractivity contribution in [2.45, 2.75) is 30.4 Å². The maximum atomic E-state index is 11.7. The summed E-state index contributed by atoms with van der Waals surface area (Å²) in [5, 5.41) is 11.3. The Balaban J connectivity index is 2.21. The van der Waals surface area contributed by atoms with E-state index >= 15 is 0 Å². The summed E-state index contributed by atoms with van der Waals surface area (Å²) in [5.41, 5.74) is 0.295. The third-order valence-electron chi connectivity index (χ3n) is 2.82. The lowest BCUT2D eigenvalue weighted by Crippen LogP contribution is -2.04. The van der Waals surface area contributed by atoms with Crippen LogP contribution in [-0.2, 0) is 11.3 Å². The van der Waals surface area contributed by atoms with Gasteiger partial charge in [-0.1, -0.05) is 11.8 Å². The zero-order chi connectivity index (χ0) is 16.1. The molecule has 8 heteroatoms. The Bertz CT molecular complexity index is 682. The van der Waals surface area contributed by atoms with E-state index in [-0.39, 0.29) is 11.4 Å². The van der Waals surface area contributed by atoms with Gasteiger partial charge in [0.1, 0.15) is 0 Å². The molecule has 0 aliphatic carbocycles. The van der Waals surface area contributed by atoms with Crippen molar-refractivity contribution in [3.63, 3.8) is 0 Å². The molecule has 0 bridgehead atoms. The van der Waals surface area contributed by atoms with Crippen LogP contribution in [0.3, 0.4) is 0 Å². The van der Waals surface area contributed by atoms with Crippen LogP contribution >= 0.6 is 11.8 Å². The highest BCUT2D eigenvalue weighted by molar-refractivity contribution is 7.99. The number of carbonyl (C=O) groups is 1. The number of ether oxygens (including phenoxy) is 1. The van der Waals surface area contributed by atoms with Crippen LogP contribution in [0.2, 0.25) is 0 Å². The van der Waals surface area contributed by atoms with Crippen molar-refractivity contribution in [1.82, 2.24) is 9.55 Å². The number of nitro benzene ring substituents is 1. The molecular formula is C14H15N3O4S. The van der Waals surface area contributed by atoms with Crippen molar-refractivity contribution in [2.75, 3.05) is 6.61 Å². The first-order chi connectivity index (χ1) is 10.5. The van der Waals surface area contributed by atoms with Gasteiger partial charge < -0.3 is 9.30 Å². The quantitative estimate of drug-likeness (QED) is 0.461. The molecular weight excluding hydrogens is 306 g/mol. The molecule has 7 nitrogen and oxygen atoms in total. The summed E-state index contributed by atoms with van der Waals surface area (Å²) >= 11 is 1.34. The van der Waals surface area contributed by atoms with Crippen LogP contribution in [0.5, 0.6) is 0 Å². The van der Waals surface area contributed by atoms with Crippen LogP contribution in [0.1, 0.15) is 24.3 Å². The molecule has 22 heavy (non-hydrogen) atoms. The number of carbonyl (C=O) groups excluding carboxylic acids is 1. The topological polar surface area (TPSA) is 87.3 Å². The molecule has 0 atom stereocenters. The second-order valence-electron chi connectivity index (χ2n) is 4.27. The first kappa shape index (κ1) is 16.0. The van der Waals surface area contributed by atoms with Crippen LogP contribution in [0.4, 0.5) is 5.69 Å². The van der Waals surface area contributed by atoms with Crippen molar-refractivity contribution in [3.8, 4) is 0 Å². The first-order valence-electron chi connectivity index (χ1n) is 6.71. The van der Waals surface area contributed by atoms with E-state index in [0.29, 0.717) is 18.3 Å². The van der Waals surface area contributed by atoms with Crippen LogP contribution in [0.15, 0.2) is 40.5 Å². The molecule has 1 aromatic heterocycles. The van der Waals surface area contributed by atoms with Crippen LogP contribution in [0, 0.1) is 10.1 Å². The van der Waals surface area contributed by atoms with E-state index in [0.717, 1.165) is 4.90 Å². The monoisotopic (exact) mass is 321 g/mol. The largest absolute Gasteiger partial charge is 0.461 e. The molecule has 116 valence electrons. The summed E-state index contributed by atoms with van der Waals surface area (Å²) in [7, 11) is 0. The molecule has 0 saturated carbocycles. The van der Waals surface area contributed by atoms with Crippen molar-refractivity contribution < 1.29 is 14.5 Å². The fraction of sp³-hybridized carbons (Fsp3) is 0.286. The van der Waals surface area contributed by atoms with E-state index in [9.17, 15) is 14.9 Å². The Labute approximate surface area is 131 Å². The molecule has 0 unspecified atom stereocenters. The van der Waals surface area contributed by atoms with Gasteiger partial charge in [0, 0.05) is 29.8 Å². The normalized spacial score (nSPS) is 10.5. The summed E-state index contributed by atoms with van der Waals surface area (Å²) in [6.45, 7) is 4.63. The third-order valence-corrected chi connectivity index (χ3v) is 3.84. The van der Waals surface area contributed by atoms with Gasteiger partial charge in [0.2, 0.25) is 0 Å². The summed E-state index contributed by atoms with van der Waals surface area (Å²) in [5.74, 6) is -0.458. The number of aromatic nitrogens is 2. The molecule has 0 aliphatic rings. The van der Waals surface area contributed by atoms with E-state index in [2.05, 4.69) is 4.98 Å². The zero-order valence-corrected chi connectivity index (χ0v) is 13.0. The number of imidazole rings is 1. The van der Waals surface area contributed by atoms with Crippen LogP contribution in [-0.4, -0.2) is 27.1 Å². The molecule has 0 radical (unpaired) electrons. The van der Waals surface area contributed by atoms with E-state index in [4.69, 9.17) is 4.74 Å². The van der Waals surface area contributed by atoms with E-state index < -0.39 is 10.9 Å². The molecule has 0 N–H and O–H groups in total. The van der Waals surface area contributed by atoms with Gasteiger partial charge in [-0.3, -0.25) is 10.1 Å². The van der Waals surface area contributed by atoms with Gasteiger partial charge in [-0.2, -0.15) is 0 Å². The van der Waals surface area contributed by atoms with E-state index in [1.54, 1.807) is 25.3 Å². The Kier molecular flexibility index (Phi) is 5.16. The molecule has 0 spiro atoms. The molecule has 1 heterocycles. The van der Waals surface area contributed by atoms with Crippen molar-refractivity contribution >= 4 is 23.4 Å². The summed E-state index contributed by atoms with van der Waals surface area (Å²) in [4.78, 5) is 27.0. The summed E-state index contributed by atoms with van der Waals surface area (Å²) < 4.78 is 6.77. The fourth-order valence-electron chi connectivity index (χ4n) is 1.75. The van der Waals surface area contributed by atoms with Gasteiger partial charge in [-0.05, 0) is 26.0 Å². The van der Waals surface area contributed by atoms with Crippen molar-refractivity contribution in [2.24, 2.45) is 0 Å². The van der Waals surface area contributed by atoms with Gasteiger partial charge >= 0.3 is 5.97 Å². The summed E-state index contributed by atoms with van der Waals surface area (Å²) in [6, 6.07) is 6.19. The number of non-ortho nitro benzene ring substituents is 1. The Morgan fingerprint density at radius 1 is 1.36 bits per heavy atom.